The van der Waals surface area contributed by atoms with Crippen LogP contribution in [0.5, 0.6) is 0 Å². The molecule has 4 aliphatic carbocycles. The Bertz CT molecular complexity index is 976. The number of alkyl halides is 1. The fourth-order valence-electron chi connectivity index (χ4n) is 9.38. The molecule has 0 heterocycles. The monoisotopic (exact) mass is 532 g/mol. The van der Waals surface area contributed by atoms with Crippen molar-refractivity contribution in [1.82, 2.24) is 0 Å². The van der Waals surface area contributed by atoms with Crippen molar-refractivity contribution in [3.05, 3.63) is 23.3 Å². The minimum Gasteiger partial charge on any atom is -0.469 e. The molecule has 0 bridgehead atoms. The summed E-state index contributed by atoms with van der Waals surface area (Å²) in [5.74, 6) is 0.268. The summed E-state index contributed by atoms with van der Waals surface area (Å²) in [4.78, 5) is 25.3. The molecule has 5 heteroatoms. The lowest BCUT2D eigenvalue weighted by molar-refractivity contribution is -0.150. The van der Waals surface area contributed by atoms with Crippen LogP contribution in [-0.4, -0.2) is 31.0 Å². The van der Waals surface area contributed by atoms with Gasteiger partial charge in [0.1, 0.15) is 0 Å². The number of hydrogen-bond acceptors (Lipinski definition) is 4. The Labute approximate surface area is 230 Å². The van der Waals surface area contributed by atoms with Crippen molar-refractivity contribution in [1.29, 1.82) is 0 Å². The van der Waals surface area contributed by atoms with Crippen molar-refractivity contribution >= 4 is 23.5 Å². The van der Waals surface area contributed by atoms with Gasteiger partial charge < -0.3 is 9.47 Å². The highest BCUT2D eigenvalue weighted by Crippen LogP contribution is 2.72. The summed E-state index contributed by atoms with van der Waals surface area (Å²) in [6.45, 7) is 16.0. The van der Waals surface area contributed by atoms with E-state index in [0.29, 0.717) is 11.8 Å². The molecule has 0 amide bonds. The van der Waals surface area contributed by atoms with Crippen LogP contribution in [-0.2, 0) is 19.1 Å². The third-order valence-electron chi connectivity index (χ3n) is 11.7. The second-order valence-electron chi connectivity index (χ2n) is 13.8. The number of fused-ring (bicyclic) bond motifs is 4. The van der Waals surface area contributed by atoms with E-state index in [1.54, 1.807) is 18.3 Å². The topological polar surface area (TPSA) is 52.6 Å². The molecule has 0 aliphatic heterocycles. The second-order valence-corrected chi connectivity index (χ2v) is 14.8. The van der Waals surface area contributed by atoms with E-state index in [-0.39, 0.29) is 44.9 Å². The molecule has 0 spiro atoms. The fourth-order valence-corrected chi connectivity index (χ4v) is 9.52. The van der Waals surface area contributed by atoms with Gasteiger partial charge in [-0.25, -0.2) is 0 Å². The Hall–Kier alpha value is -1.29. The van der Waals surface area contributed by atoms with E-state index >= 15 is 0 Å². The highest BCUT2D eigenvalue weighted by molar-refractivity contribution is 6.23. The zero-order chi connectivity index (χ0) is 27.4. The number of rotatable bonds is 7. The molecule has 7 atom stereocenters. The standard InChI is InChI=1S/C32H49ClO4/c1-20-21(27(34)36-7)13-17-30(4)23(20)11-12-26-25(30)15-19-31(5)24(14-18-32(26,31)6)22(28(35)37-8)10-9-16-29(2,3)33/h21-24H,1,9-19H2,2-8H3/t21-,22-,23-,24-,30-,31-,32+/m0/s1. The van der Waals surface area contributed by atoms with Gasteiger partial charge in [0.05, 0.1) is 26.1 Å². The lowest BCUT2D eigenvalue weighted by Gasteiger charge is -2.59. The van der Waals surface area contributed by atoms with Gasteiger partial charge in [-0.15, -0.1) is 11.6 Å². The number of carbonyl (C=O) groups is 2. The smallest absolute Gasteiger partial charge is 0.312 e. The predicted molar refractivity (Wildman–Crippen MR) is 149 cm³/mol. The van der Waals surface area contributed by atoms with Crippen LogP contribution in [0.1, 0.15) is 105 Å². The summed E-state index contributed by atoms with van der Waals surface area (Å²) in [5.41, 5.74) is 4.64. The molecule has 0 unspecified atom stereocenters. The molecule has 4 aliphatic rings. The first kappa shape index (κ1) is 28.7. The minimum absolute atomic E-state index is 0.0456. The van der Waals surface area contributed by atoms with Gasteiger partial charge in [0.2, 0.25) is 0 Å². The molecule has 0 aromatic carbocycles. The first-order valence-corrected chi connectivity index (χ1v) is 14.9. The number of hydrogen-bond donors (Lipinski definition) is 0. The molecule has 4 rings (SSSR count). The van der Waals surface area contributed by atoms with Gasteiger partial charge in [-0.05, 0) is 106 Å². The highest BCUT2D eigenvalue weighted by atomic mass is 35.5. The SMILES string of the molecule is C=C1[C@@H](C(=O)OC)CC[C@]2(C)C3=C(CC[C@@H]12)[C@@]1(C)CC[C@@H]([C@H](CCCC(C)(C)Cl)C(=O)OC)[C@]1(C)CC3. The highest BCUT2D eigenvalue weighted by Gasteiger charge is 2.63. The van der Waals surface area contributed by atoms with Crippen LogP contribution in [0, 0.1) is 39.9 Å². The maximum atomic E-state index is 13.1. The van der Waals surface area contributed by atoms with Crippen molar-refractivity contribution in [3.8, 4) is 0 Å². The average molecular weight is 533 g/mol. The number of esters is 2. The lowest BCUT2D eigenvalue weighted by atomic mass is 9.45. The van der Waals surface area contributed by atoms with E-state index in [4.69, 9.17) is 21.1 Å². The van der Waals surface area contributed by atoms with Gasteiger partial charge in [-0.1, -0.05) is 50.5 Å². The lowest BCUT2D eigenvalue weighted by Crippen LogP contribution is -2.50. The summed E-state index contributed by atoms with van der Waals surface area (Å²) in [5, 5.41) is 0. The number of halogens is 1. The molecule has 0 N–H and O–H groups in total. The Morgan fingerprint density at radius 1 is 1.03 bits per heavy atom. The molecule has 2 fully saturated rings. The fraction of sp³-hybridized carbons (Fsp3) is 0.812. The largest absolute Gasteiger partial charge is 0.469 e. The first-order chi connectivity index (χ1) is 17.2. The van der Waals surface area contributed by atoms with Gasteiger partial charge in [0, 0.05) is 4.87 Å². The second kappa shape index (κ2) is 10.0. The van der Waals surface area contributed by atoms with E-state index in [0.717, 1.165) is 76.2 Å². The molecule has 0 aromatic rings. The predicted octanol–water partition coefficient (Wildman–Crippen LogP) is 8.03. The van der Waals surface area contributed by atoms with Gasteiger partial charge >= 0.3 is 11.9 Å². The minimum atomic E-state index is -0.246. The summed E-state index contributed by atoms with van der Waals surface area (Å²) in [6, 6.07) is 0. The Morgan fingerprint density at radius 2 is 1.73 bits per heavy atom. The van der Waals surface area contributed by atoms with Crippen molar-refractivity contribution in [2.45, 2.75) is 110 Å². The summed E-state index contributed by atoms with van der Waals surface area (Å²) < 4.78 is 10.5. The van der Waals surface area contributed by atoms with Gasteiger partial charge in [0.15, 0.2) is 0 Å². The number of allylic oxidation sites excluding steroid dienone is 2. The summed E-state index contributed by atoms with van der Waals surface area (Å²) in [6.07, 6.45) is 11.1. The van der Waals surface area contributed by atoms with Crippen molar-refractivity contribution < 1.29 is 19.1 Å². The zero-order valence-electron chi connectivity index (χ0n) is 24.3. The number of carbonyl (C=O) groups excluding carboxylic acids is 2. The van der Waals surface area contributed by atoms with E-state index in [1.807, 2.05) is 0 Å². The van der Waals surface area contributed by atoms with Crippen molar-refractivity contribution in [2.75, 3.05) is 14.2 Å². The van der Waals surface area contributed by atoms with E-state index in [2.05, 4.69) is 41.2 Å². The van der Waals surface area contributed by atoms with Crippen LogP contribution in [0.2, 0.25) is 0 Å². The molecule has 0 aromatic heterocycles. The van der Waals surface area contributed by atoms with Gasteiger partial charge in [-0.3, -0.25) is 9.59 Å². The molecule has 208 valence electrons. The van der Waals surface area contributed by atoms with Crippen LogP contribution >= 0.6 is 11.6 Å². The Morgan fingerprint density at radius 3 is 2.35 bits per heavy atom. The first-order valence-electron chi connectivity index (χ1n) is 14.5. The van der Waals surface area contributed by atoms with Crippen LogP contribution in [0.4, 0.5) is 0 Å². The van der Waals surface area contributed by atoms with Crippen molar-refractivity contribution in [2.24, 2.45) is 39.9 Å². The van der Waals surface area contributed by atoms with Crippen LogP contribution in [0.25, 0.3) is 0 Å². The maximum absolute atomic E-state index is 13.1. The van der Waals surface area contributed by atoms with Gasteiger partial charge in [0.25, 0.3) is 0 Å². The summed E-state index contributed by atoms with van der Waals surface area (Å²) in [7, 11) is 3.03. The van der Waals surface area contributed by atoms with Crippen LogP contribution in [0.15, 0.2) is 23.3 Å². The molecule has 2 saturated carbocycles. The molecular weight excluding hydrogens is 484 g/mol. The van der Waals surface area contributed by atoms with Crippen LogP contribution < -0.4 is 0 Å². The average Bonchev–Trinajstić information content (AvgIpc) is 3.11. The third-order valence-corrected chi connectivity index (χ3v) is 11.9. The van der Waals surface area contributed by atoms with E-state index < -0.39 is 0 Å². The molecular formula is C32H49ClO4. The number of methoxy groups -OCH3 is 2. The number of ether oxygens (including phenoxy) is 2. The van der Waals surface area contributed by atoms with E-state index in [1.165, 1.54) is 7.11 Å². The molecule has 0 radical (unpaired) electrons. The van der Waals surface area contributed by atoms with Crippen molar-refractivity contribution in [3.63, 3.8) is 0 Å². The molecule has 0 saturated heterocycles. The van der Waals surface area contributed by atoms with Crippen LogP contribution in [0.3, 0.4) is 0 Å². The molecule has 37 heavy (non-hydrogen) atoms. The quantitative estimate of drug-likeness (QED) is 0.189. The Kier molecular flexibility index (Phi) is 7.78. The third kappa shape index (κ3) is 4.61. The molecule has 4 nitrogen and oxygen atoms in total. The maximum Gasteiger partial charge on any atom is 0.312 e. The zero-order valence-corrected chi connectivity index (χ0v) is 25.1. The van der Waals surface area contributed by atoms with Gasteiger partial charge in [-0.2, -0.15) is 0 Å². The van der Waals surface area contributed by atoms with E-state index in [9.17, 15) is 9.59 Å². The summed E-state index contributed by atoms with van der Waals surface area (Å²) >= 11 is 6.49. The normalized spacial score (nSPS) is 38.4. The Balaban J connectivity index is 1.64.